The Kier molecular flexibility index (Phi) is 8.95. The van der Waals surface area contributed by atoms with Crippen LogP contribution in [-0.4, -0.2) is 35.2 Å². The number of fused-ring (bicyclic) bond motifs is 1. The van der Waals surface area contributed by atoms with Crippen LogP contribution in [0.25, 0.3) is 5.57 Å². The molecule has 3 atom stereocenters. The second-order valence-electron chi connectivity index (χ2n) is 10.3. The van der Waals surface area contributed by atoms with E-state index in [4.69, 9.17) is 9.84 Å². The number of alkyl halides is 3. The van der Waals surface area contributed by atoms with Crippen molar-refractivity contribution in [3.63, 3.8) is 0 Å². The van der Waals surface area contributed by atoms with Crippen LogP contribution < -0.4 is 10.1 Å². The highest BCUT2D eigenvalue weighted by Crippen LogP contribution is 2.44. The fourth-order valence-electron chi connectivity index (χ4n) is 5.94. The lowest BCUT2D eigenvalue weighted by Gasteiger charge is -2.28. The Balaban J connectivity index is 1.66. The first-order valence-electron chi connectivity index (χ1n) is 13.5. The summed E-state index contributed by atoms with van der Waals surface area (Å²) in [7, 11) is 1.58. The van der Waals surface area contributed by atoms with Gasteiger partial charge in [0.25, 0.3) is 0 Å². The Bertz CT molecular complexity index is 1400. The smallest absolute Gasteiger partial charge is 0.416 e. The number of hydrogen-bond acceptors (Lipinski definition) is 4. The number of carbonyl (C=O) groups is 1. The molecule has 0 aliphatic carbocycles. The molecule has 218 valence electrons. The summed E-state index contributed by atoms with van der Waals surface area (Å²) in [5.74, 6) is -0.577. The molecular weight excluding hydrogens is 536 g/mol. The zero-order valence-electron chi connectivity index (χ0n) is 23.1. The lowest BCUT2D eigenvalue weighted by atomic mass is 9.91. The predicted molar refractivity (Wildman–Crippen MR) is 151 cm³/mol. The van der Waals surface area contributed by atoms with Gasteiger partial charge in [0.15, 0.2) is 0 Å². The first-order valence-corrected chi connectivity index (χ1v) is 13.5. The van der Waals surface area contributed by atoms with E-state index in [2.05, 4.69) is 23.4 Å². The topological polar surface area (TPSA) is 61.8 Å². The normalized spacial score (nSPS) is 21.1. The molecule has 2 aromatic rings. The molecule has 5 nitrogen and oxygen atoms in total. The van der Waals surface area contributed by atoms with Gasteiger partial charge >= 0.3 is 12.1 Å². The van der Waals surface area contributed by atoms with Gasteiger partial charge in [0.05, 0.1) is 30.6 Å². The first kappa shape index (κ1) is 30.0. The molecule has 0 radical (unpaired) electrons. The summed E-state index contributed by atoms with van der Waals surface area (Å²) in [6, 6.07) is 7.56. The second kappa shape index (κ2) is 12.2. The van der Waals surface area contributed by atoms with Gasteiger partial charge in [-0.15, -0.1) is 0 Å². The number of benzene rings is 2. The molecule has 2 N–H and O–H groups in total. The van der Waals surface area contributed by atoms with Gasteiger partial charge < -0.3 is 20.1 Å². The van der Waals surface area contributed by atoms with Crippen molar-refractivity contribution in [3.05, 3.63) is 107 Å². The van der Waals surface area contributed by atoms with Crippen molar-refractivity contribution in [1.29, 1.82) is 0 Å². The number of halogens is 4. The van der Waals surface area contributed by atoms with Crippen molar-refractivity contribution in [2.24, 2.45) is 0 Å². The molecule has 2 heterocycles. The van der Waals surface area contributed by atoms with E-state index in [1.54, 1.807) is 13.2 Å². The third-order valence-corrected chi connectivity index (χ3v) is 7.73. The maximum atomic E-state index is 14.2. The molecule has 9 heteroatoms. The molecule has 2 aliphatic rings. The summed E-state index contributed by atoms with van der Waals surface area (Å²) in [5.41, 5.74) is 2.72. The summed E-state index contributed by atoms with van der Waals surface area (Å²) in [4.78, 5) is 13.2. The number of nitrogens with one attached hydrogen (secondary N) is 1. The molecule has 2 aliphatic heterocycles. The van der Waals surface area contributed by atoms with Gasteiger partial charge in [-0.1, -0.05) is 37.5 Å². The van der Waals surface area contributed by atoms with E-state index in [0.717, 1.165) is 40.8 Å². The number of carboxylic acids is 1. The number of aliphatic carboxylic acids is 1. The minimum atomic E-state index is -4.65. The molecule has 2 saturated heterocycles. The lowest BCUT2D eigenvalue weighted by Crippen LogP contribution is -2.31. The Morgan fingerprint density at radius 3 is 2.61 bits per heavy atom. The Hall–Kier alpha value is -4.01. The van der Waals surface area contributed by atoms with Gasteiger partial charge in [0, 0.05) is 18.0 Å². The summed E-state index contributed by atoms with van der Waals surface area (Å²) < 4.78 is 60.0. The van der Waals surface area contributed by atoms with Crippen LogP contribution in [0.15, 0.2) is 79.2 Å². The van der Waals surface area contributed by atoms with Gasteiger partial charge in [0.1, 0.15) is 11.6 Å². The van der Waals surface area contributed by atoms with E-state index in [1.165, 1.54) is 0 Å². The van der Waals surface area contributed by atoms with Gasteiger partial charge in [-0.3, -0.25) is 4.79 Å². The zero-order chi connectivity index (χ0) is 29.9. The van der Waals surface area contributed by atoms with Crippen LogP contribution in [0.4, 0.5) is 17.6 Å². The van der Waals surface area contributed by atoms with Gasteiger partial charge in [-0.25, -0.2) is 4.39 Å². The maximum absolute atomic E-state index is 14.2. The lowest BCUT2D eigenvalue weighted by molar-refractivity contribution is -0.138. The molecule has 0 unspecified atom stereocenters. The average molecular weight is 571 g/mol. The van der Waals surface area contributed by atoms with Crippen molar-refractivity contribution in [1.82, 2.24) is 10.2 Å². The molecule has 41 heavy (non-hydrogen) atoms. The molecule has 0 spiro atoms. The summed E-state index contributed by atoms with van der Waals surface area (Å²) in [6.07, 6.45) is 3.43. The van der Waals surface area contributed by atoms with Crippen molar-refractivity contribution in [2.45, 2.75) is 63.3 Å². The monoisotopic (exact) mass is 570 g/mol. The summed E-state index contributed by atoms with van der Waals surface area (Å²) in [5, 5.41) is 12.3. The third kappa shape index (κ3) is 6.50. The number of ether oxygens (including phenoxy) is 1. The minimum Gasteiger partial charge on any atom is -0.496 e. The van der Waals surface area contributed by atoms with Gasteiger partial charge in [0.2, 0.25) is 0 Å². The van der Waals surface area contributed by atoms with Crippen LogP contribution >= 0.6 is 0 Å². The summed E-state index contributed by atoms with van der Waals surface area (Å²) in [6.45, 7) is 10.1. The largest absolute Gasteiger partial charge is 0.496 e. The van der Waals surface area contributed by atoms with Crippen LogP contribution in [0, 0.1) is 5.82 Å². The van der Waals surface area contributed by atoms with Crippen molar-refractivity contribution in [2.75, 3.05) is 7.11 Å². The molecule has 0 bridgehead atoms. The Morgan fingerprint density at radius 1 is 1.22 bits per heavy atom. The first-order chi connectivity index (χ1) is 19.5. The molecule has 0 saturated carbocycles. The standard InChI is InChI=1S/C32H34F4N2O3/c1-5-7-26(27-14-20(9-13-30(39)40)8-12-29(27)41-4)21(6-2)17-25-10-11-28-31(37-19(3)38(25)28)22-15-23(32(34,35)36)18-24(33)16-22/h5-8,12,14-16,18,25,28,31,37H,2-3,9-11,13,17H2,1,4H3,(H,39,40)/b7-5-,26-21-/t25-,28-,31+/m0/s1. The van der Waals surface area contributed by atoms with E-state index in [9.17, 15) is 22.4 Å². The molecule has 0 aromatic heterocycles. The van der Waals surface area contributed by atoms with E-state index >= 15 is 0 Å². The SMILES string of the molecule is C=C/C(C[C@@H]1CC[C@H]2[C@@H](c3cc(F)cc(C(F)(F)F)c3)NC(=C)N12)=C(\C=C/C)c1cc(CCC(=O)O)ccc1OC. The van der Waals surface area contributed by atoms with Crippen molar-refractivity contribution < 1.29 is 32.2 Å². The van der Waals surface area contributed by atoms with Crippen LogP contribution in [0.3, 0.4) is 0 Å². The zero-order valence-corrected chi connectivity index (χ0v) is 23.1. The average Bonchev–Trinajstić information content (AvgIpc) is 3.49. The number of nitrogens with zero attached hydrogens (tertiary/aromatic N) is 1. The van der Waals surface area contributed by atoms with Gasteiger partial charge in [-0.2, -0.15) is 13.2 Å². The van der Waals surface area contributed by atoms with Crippen molar-refractivity contribution >= 4 is 11.5 Å². The number of aryl methyl sites for hydroxylation is 1. The number of methoxy groups -OCH3 is 1. The van der Waals surface area contributed by atoms with E-state index in [-0.39, 0.29) is 24.1 Å². The number of rotatable bonds is 10. The predicted octanol–water partition coefficient (Wildman–Crippen LogP) is 7.42. The molecular formula is C32H34F4N2O3. The highest BCUT2D eigenvalue weighted by molar-refractivity contribution is 5.82. The van der Waals surface area contributed by atoms with E-state index in [0.29, 0.717) is 36.9 Å². The fourth-order valence-corrected chi connectivity index (χ4v) is 5.94. The molecule has 0 amide bonds. The quantitative estimate of drug-likeness (QED) is 0.230. The Labute approximate surface area is 237 Å². The third-order valence-electron chi connectivity index (χ3n) is 7.73. The van der Waals surface area contributed by atoms with Crippen molar-refractivity contribution in [3.8, 4) is 5.75 Å². The highest BCUT2D eigenvalue weighted by Gasteiger charge is 2.45. The number of hydrogen-bond donors (Lipinski definition) is 2. The number of carboxylic acid groups (broad SMARTS) is 1. The fraction of sp³-hybridized carbons (Fsp3) is 0.344. The summed E-state index contributed by atoms with van der Waals surface area (Å²) >= 11 is 0. The van der Waals surface area contributed by atoms with E-state index < -0.39 is 29.6 Å². The molecule has 4 rings (SSSR count). The molecule has 2 aromatic carbocycles. The second-order valence-corrected chi connectivity index (χ2v) is 10.3. The van der Waals surface area contributed by atoms with E-state index in [1.807, 2.05) is 37.3 Å². The highest BCUT2D eigenvalue weighted by atomic mass is 19.4. The van der Waals surface area contributed by atoms with Crippen LogP contribution in [0.2, 0.25) is 0 Å². The van der Waals surface area contributed by atoms with Crippen LogP contribution in [0.5, 0.6) is 5.75 Å². The maximum Gasteiger partial charge on any atom is 0.416 e. The van der Waals surface area contributed by atoms with Crippen LogP contribution in [0.1, 0.15) is 60.9 Å². The van der Waals surface area contributed by atoms with Crippen LogP contribution in [-0.2, 0) is 17.4 Å². The Morgan fingerprint density at radius 2 is 1.98 bits per heavy atom. The number of allylic oxidation sites excluding steroid dienone is 4. The minimum absolute atomic E-state index is 0.00717. The van der Waals surface area contributed by atoms with Gasteiger partial charge in [-0.05, 0) is 85.2 Å². The molecule has 2 fully saturated rings.